The number of nitrogens with zero attached hydrogens (tertiary/aromatic N) is 3. The van der Waals surface area contributed by atoms with Gasteiger partial charge in [0.05, 0.1) is 35.5 Å². The molecule has 12 heteroatoms. The van der Waals surface area contributed by atoms with Crippen LogP contribution in [0.25, 0.3) is 0 Å². The molecule has 0 saturated heterocycles. The molecule has 4 rings (SSSR count). The third kappa shape index (κ3) is 6.07. The van der Waals surface area contributed by atoms with Crippen molar-refractivity contribution < 1.29 is 22.4 Å². The van der Waals surface area contributed by atoms with Crippen molar-refractivity contribution in [3.05, 3.63) is 65.7 Å². The third-order valence-corrected chi connectivity index (χ3v) is 6.80. The predicted molar refractivity (Wildman–Crippen MR) is 136 cm³/mol. The Balaban J connectivity index is 1.74. The van der Waals surface area contributed by atoms with Gasteiger partial charge in [0.1, 0.15) is 11.6 Å². The lowest BCUT2D eigenvalue weighted by Crippen LogP contribution is -2.26. The van der Waals surface area contributed by atoms with Crippen molar-refractivity contribution in [2.75, 3.05) is 34.8 Å². The van der Waals surface area contributed by atoms with Gasteiger partial charge in [-0.15, -0.1) is 0 Å². The van der Waals surface area contributed by atoms with Crippen LogP contribution in [-0.2, 0) is 14.9 Å². The molecule has 10 nitrogen and oxygen atoms in total. The number of carbonyl (C=O) groups is 1. The van der Waals surface area contributed by atoms with E-state index in [2.05, 4.69) is 26.1 Å². The molecule has 190 valence electrons. The van der Waals surface area contributed by atoms with Crippen molar-refractivity contribution >= 4 is 44.6 Å². The minimum atomic E-state index is -3.56. The summed E-state index contributed by atoms with van der Waals surface area (Å²) in [5.74, 6) is -0.276. The van der Waals surface area contributed by atoms with Crippen LogP contribution in [0.2, 0.25) is 0 Å². The summed E-state index contributed by atoms with van der Waals surface area (Å²) >= 11 is 0. The number of halogens is 1. The molecular formula is C24H27FN6O4S. The normalized spacial score (nSPS) is 13.2. The zero-order valence-electron chi connectivity index (χ0n) is 20.1. The minimum Gasteiger partial charge on any atom is -0.353 e. The van der Waals surface area contributed by atoms with Crippen molar-refractivity contribution in [3.8, 4) is 0 Å². The highest BCUT2D eigenvalue weighted by Crippen LogP contribution is 2.43. The fourth-order valence-corrected chi connectivity index (χ4v) is 4.03. The maximum atomic E-state index is 13.5. The van der Waals surface area contributed by atoms with E-state index in [0.717, 1.165) is 24.7 Å². The zero-order chi connectivity index (χ0) is 25.9. The molecule has 0 atom stereocenters. The summed E-state index contributed by atoms with van der Waals surface area (Å²) in [5, 5.41) is 6.08. The number of sulfonamides is 1. The molecule has 0 unspecified atom stereocenters. The molecule has 1 aliphatic carbocycles. The predicted octanol–water partition coefficient (Wildman–Crippen LogP) is 4.06. The average Bonchev–Trinajstić information content (AvgIpc) is 3.67. The van der Waals surface area contributed by atoms with E-state index in [1.54, 1.807) is 25.1 Å². The SMILES string of the molecule is CCONC(=O)c1cnc(Nc2cccc(F)n2)cc1Nc1ccc(C2CC2)cc1N(C)S(C)(=O)=O. The highest BCUT2D eigenvalue weighted by Gasteiger charge is 2.26. The molecule has 2 aromatic heterocycles. The topological polar surface area (TPSA) is 126 Å². The van der Waals surface area contributed by atoms with Crippen LogP contribution in [-0.4, -0.2) is 44.2 Å². The number of nitrogens with one attached hydrogen (secondary N) is 3. The lowest BCUT2D eigenvalue weighted by atomic mass is 10.1. The zero-order valence-corrected chi connectivity index (χ0v) is 20.9. The molecule has 1 amide bonds. The Kier molecular flexibility index (Phi) is 7.36. The van der Waals surface area contributed by atoms with Gasteiger partial charge in [-0.1, -0.05) is 12.1 Å². The molecule has 0 aliphatic heterocycles. The highest BCUT2D eigenvalue weighted by atomic mass is 32.2. The van der Waals surface area contributed by atoms with Gasteiger partial charge in [0.2, 0.25) is 16.0 Å². The Labute approximate surface area is 208 Å². The third-order valence-electron chi connectivity index (χ3n) is 5.61. The Morgan fingerprint density at radius 1 is 1.14 bits per heavy atom. The quantitative estimate of drug-likeness (QED) is 0.273. The van der Waals surface area contributed by atoms with Crippen LogP contribution in [0.5, 0.6) is 0 Å². The molecule has 0 bridgehead atoms. The standard InChI is InChI=1S/C24H27FN6O4S/c1-4-35-30-24(32)17-14-26-23(29-22-7-5-6-21(25)28-22)13-19(17)27-18-11-10-16(15-8-9-15)12-20(18)31(2)36(3,33)34/h5-7,10-15H,4,8-9H2,1-3H3,(H,30,32)(H2,26,27,28,29). The fraction of sp³-hybridized carbons (Fsp3) is 0.292. The second kappa shape index (κ2) is 10.5. The Morgan fingerprint density at radius 2 is 1.92 bits per heavy atom. The summed E-state index contributed by atoms with van der Waals surface area (Å²) in [6.45, 7) is 1.99. The number of anilines is 5. The van der Waals surface area contributed by atoms with E-state index in [4.69, 9.17) is 4.84 Å². The van der Waals surface area contributed by atoms with E-state index >= 15 is 0 Å². The first-order valence-electron chi connectivity index (χ1n) is 11.3. The molecule has 1 saturated carbocycles. The maximum Gasteiger partial charge on any atom is 0.278 e. The van der Waals surface area contributed by atoms with Gasteiger partial charge in [-0.3, -0.25) is 13.9 Å². The number of carbonyl (C=O) groups excluding carboxylic acids is 1. The summed E-state index contributed by atoms with van der Waals surface area (Å²) in [6, 6.07) is 11.4. The van der Waals surface area contributed by atoms with Crippen LogP contribution in [0.4, 0.5) is 33.1 Å². The number of rotatable bonds is 10. The van der Waals surface area contributed by atoms with E-state index in [-0.39, 0.29) is 23.8 Å². The molecule has 3 N–H and O–H groups in total. The number of hydrogen-bond acceptors (Lipinski definition) is 8. The summed E-state index contributed by atoms with van der Waals surface area (Å²) < 4.78 is 39.5. The Morgan fingerprint density at radius 3 is 2.58 bits per heavy atom. The van der Waals surface area contributed by atoms with Gasteiger partial charge in [-0.2, -0.15) is 4.39 Å². The van der Waals surface area contributed by atoms with Gasteiger partial charge < -0.3 is 10.6 Å². The van der Waals surface area contributed by atoms with Crippen molar-refractivity contribution in [1.29, 1.82) is 0 Å². The molecule has 2 heterocycles. The number of aromatic nitrogens is 2. The van der Waals surface area contributed by atoms with E-state index in [9.17, 15) is 17.6 Å². The van der Waals surface area contributed by atoms with Gasteiger partial charge in [0.25, 0.3) is 5.91 Å². The van der Waals surface area contributed by atoms with Gasteiger partial charge in [0, 0.05) is 19.3 Å². The van der Waals surface area contributed by atoms with Crippen LogP contribution in [0.15, 0.2) is 48.7 Å². The number of hydroxylamine groups is 1. The first kappa shape index (κ1) is 25.3. The molecule has 1 aliphatic rings. The van der Waals surface area contributed by atoms with Crippen LogP contribution < -0.4 is 20.4 Å². The summed E-state index contributed by atoms with van der Waals surface area (Å²) in [7, 11) is -2.08. The second-order valence-corrected chi connectivity index (χ2v) is 10.4. The van der Waals surface area contributed by atoms with E-state index in [0.29, 0.717) is 23.0 Å². The number of benzene rings is 1. The molecule has 0 radical (unpaired) electrons. The second-order valence-electron chi connectivity index (χ2n) is 8.36. The lowest BCUT2D eigenvalue weighted by Gasteiger charge is -2.23. The van der Waals surface area contributed by atoms with Crippen molar-refractivity contribution in [3.63, 3.8) is 0 Å². The van der Waals surface area contributed by atoms with E-state index in [1.165, 1.54) is 29.7 Å². The Hall–Kier alpha value is -3.77. The first-order valence-corrected chi connectivity index (χ1v) is 13.2. The number of hydrogen-bond donors (Lipinski definition) is 3. The van der Waals surface area contributed by atoms with Gasteiger partial charge >= 0.3 is 0 Å². The number of pyridine rings is 2. The average molecular weight is 515 g/mol. The largest absolute Gasteiger partial charge is 0.353 e. The van der Waals surface area contributed by atoms with Gasteiger partial charge in [0.15, 0.2) is 0 Å². The van der Waals surface area contributed by atoms with Crippen molar-refractivity contribution in [2.24, 2.45) is 0 Å². The van der Waals surface area contributed by atoms with Gasteiger partial charge in [-0.25, -0.2) is 23.9 Å². The Bertz CT molecular complexity index is 1380. The monoisotopic (exact) mass is 514 g/mol. The van der Waals surface area contributed by atoms with Crippen LogP contribution in [0, 0.1) is 5.95 Å². The molecule has 1 fully saturated rings. The molecule has 36 heavy (non-hydrogen) atoms. The summed E-state index contributed by atoms with van der Waals surface area (Å²) in [4.78, 5) is 25.8. The van der Waals surface area contributed by atoms with Gasteiger partial charge in [-0.05, 0) is 55.5 Å². The summed E-state index contributed by atoms with van der Waals surface area (Å²) in [6.07, 6.45) is 4.58. The van der Waals surface area contributed by atoms with Crippen molar-refractivity contribution in [1.82, 2.24) is 15.4 Å². The first-order chi connectivity index (χ1) is 17.2. The summed E-state index contributed by atoms with van der Waals surface area (Å²) in [5.41, 5.74) is 4.78. The van der Waals surface area contributed by atoms with E-state index in [1.807, 2.05) is 12.1 Å². The van der Waals surface area contributed by atoms with Crippen LogP contribution >= 0.6 is 0 Å². The van der Waals surface area contributed by atoms with Crippen LogP contribution in [0.1, 0.15) is 41.6 Å². The molecular weight excluding hydrogens is 487 g/mol. The smallest absolute Gasteiger partial charge is 0.278 e. The lowest BCUT2D eigenvalue weighted by molar-refractivity contribution is 0.0365. The molecule has 3 aromatic rings. The molecule has 0 spiro atoms. The van der Waals surface area contributed by atoms with Crippen LogP contribution in [0.3, 0.4) is 0 Å². The van der Waals surface area contributed by atoms with E-state index < -0.39 is 21.9 Å². The maximum absolute atomic E-state index is 13.5. The minimum absolute atomic E-state index is 0.153. The highest BCUT2D eigenvalue weighted by molar-refractivity contribution is 7.92. The fourth-order valence-electron chi connectivity index (χ4n) is 3.52. The molecule has 1 aromatic carbocycles. The van der Waals surface area contributed by atoms with Crippen molar-refractivity contribution in [2.45, 2.75) is 25.7 Å². The number of amides is 1.